The summed E-state index contributed by atoms with van der Waals surface area (Å²) in [6, 6.07) is 16.4. The van der Waals surface area contributed by atoms with Crippen molar-refractivity contribution in [3.8, 4) is 0 Å². The van der Waals surface area contributed by atoms with Crippen LogP contribution in [0.3, 0.4) is 0 Å². The number of nitrogens with zero attached hydrogens (tertiary/aromatic N) is 3. The molecule has 0 aliphatic carbocycles. The van der Waals surface area contributed by atoms with Crippen molar-refractivity contribution in [1.82, 2.24) is 5.01 Å². The van der Waals surface area contributed by atoms with Gasteiger partial charge in [-0.05, 0) is 35.4 Å². The summed E-state index contributed by atoms with van der Waals surface area (Å²) in [7, 11) is 0. The fraction of sp³-hybridized carbons (Fsp3) is 0.167. The molecule has 0 saturated heterocycles. The van der Waals surface area contributed by atoms with Crippen LogP contribution in [0, 0.1) is 0 Å². The van der Waals surface area contributed by atoms with Crippen LogP contribution in [0.1, 0.15) is 23.6 Å². The Balaban J connectivity index is 1.71. The highest BCUT2D eigenvalue weighted by Crippen LogP contribution is 2.36. The first-order valence-electron chi connectivity index (χ1n) is 7.72. The van der Waals surface area contributed by atoms with Crippen LogP contribution in [0.4, 0.5) is 0 Å². The first-order valence-corrected chi connectivity index (χ1v) is 10.3. The molecule has 0 aromatic heterocycles. The lowest BCUT2D eigenvalue weighted by atomic mass is 9.99. The monoisotopic (exact) mass is 477 g/mol. The van der Waals surface area contributed by atoms with E-state index in [1.807, 2.05) is 29.3 Å². The third-order valence-corrected chi connectivity index (χ3v) is 6.07. The van der Waals surface area contributed by atoms with Gasteiger partial charge >= 0.3 is 0 Å². The lowest BCUT2D eigenvalue weighted by Gasteiger charge is -2.22. The van der Waals surface area contributed by atoms with Crippen molar-refractivity contribution in [1.29, 1.82) is 0 Å². The highest BCUT2D eigenvalue weighted by Gasteiger charge is 2.34. The molecule has 0 spiro atoms. The third-order valence-electron chi connectivity index (χ3n) is 4.08. The number of amidine groups is 1. The number of rotatable bonds is 2. The van der Waals surface area contributed by atoms with Gasteiger partial charge in [0.2, 0.25) is 0 Å². The van der Waals surface area contributed by atoms with Crippen LogP contribution >= 0.6 is 43.6 Å². The molecule has 0 bridgehead atoms. The Kier molecular flexibility index (Phi) is 4.80. The van der Waals surface area contributed by atoms with Crippen molar-refractivity contribution in [2.75, 3.05) is 5.75 Å². The number of carbonyl (C=O) groups excluding carboxylic acids is 1. The summed E-state index contributed by atoms with van der Waals surface area (Å²) < 4.78 is 2.08. The van der Waals surface area contributed by atoms with Gasteiger partial charge in [0.1, 0.15) is 0 Å². The zero-order chi connectivity index (χ0) is 17.4. The van der Waals surface area contributed by atoms with E-state index in [1.165, 1.54) is 11.8 Å². The molecule has 126 valence electrons. The average molecular weight is 479 g/mol. The first kappa shape index (κ1) is 17.0. The normalized spacial score (nSPS) is 20.0. The molecule has 1 atom stereocenters. The Hall–Kier alpha value is -1.44. The van der Waals surface area contributed by atoms with Crippen LogP contribution in [0.2, 0.25) is 0 Å². The van der Waals surface area contributed by atoms with Crippen molar-refractivity contribution in [3.05, 3.63) is 68.6 Å². The molecule has 7 heteroatoms. The Morgan fingerprint density at radius 3 is 2.24 bits per heavy atom. The molecule has 4 nitrogen and oxygen atoms in total. The van der Waals surface area contributed by atoms with Gasteiger partial charge in [-0.15, -0.1) is 0 Å². The predicted molar refractivity (Wildman–Crippen MR) is 109 cm³/mol. The average Bonchev–Trinajstić information content (AvgIpc) is 3.23. The standard InChI is InChI=1S/C18H13Br2N3OS/c19-13-5-1-11(2-6-13)15-9-16(12-3-7-14(20)8-4-12)23(22-15)18-21-17(24)10-25-18/h1-8,16H,9-10H2. The van der Waals surface area contributed by atoms with Gasteiger partial charge in [0.15, 0.2) is 5.17 Å². The number of aliphatic imine (C=N–C) groups is 1. The zero-order valence-corrected chi connectivity index (χ0v) is 17.0. The van der Waals surface area contributed by atoms with Gasteiger partial charge in [-0.1, -0.05) is 67.9 Å². The highest BCUT2D eigenvalue weighted by atomic mass is 79.9. The van der Waals surface area contributed by atoms with Gasteiger partial charge in [-0.25, -0.2) is 5.01 Å². The molecule has 0 N–H and O–H groups in total. The van der Waals surface area contributed by atoms with Gasteiger partial charge in [-0.3, -0.25) is 4.79 Å². The predicted octanol–water partition coefficient (Wildman–Crippen LogP) is 4.99. The summed E-state index contributed by atoms with van der Waals surface area (Å²) in [5, 5.41) is 7.39. The lowest BCUT2D eigenvalue weighted by Crippen LogP contribution is -2.23. The molecule has 2 aliphatic heterocycles. The fourth-order valence-electron chi connectivity index (χ4n) is 2.86. The summed E-state index contributed by atoms with van der Waals surface area (Å²) in [5.74, 6) is 0.295. The maximum absolute atomic E-state index is 11.6. The number of hydrogen-bond acceptors (Lipinski definition) is 4. The molecule has 0 saturated carbocycles. The molecule has 4 rings (SSSR count). The van der Waals surface area contributed by atoms with E-state index in [0.717, 1.165) is 32.2 Å². The van der Waals surface area contributed by atoms with Gasteiger partial charge in [0.25, 0.3) is 5.91 Å². The molecule has 2 aromatic carbocycles. The van der Waals surface area contributed by atoms with Crippen LogP contribution in [-0.4, -0.2) is 27.5 Å². The van der Waals surface area contributed by atoms with E-state index in [-0.39, 0.29) is 11.9 Å². The van der Waals surface area contributed by atoms with Crippen molar-refractivity contribution in [2.45, 2.75) is 12.5 Å². The largest absolute Gasteiger partial charge is 0.272 e. The van der Waals surface area contributed by atoms with Crippen molar-refractivity contribution in [2.24, 2.45) is 10.1 Å². The summed E-state index contributed by atoms with van der Waals surface area (Å²) in [5.41, 5.74) is 3.24. The molecule has 0 radical (unpaired) electrons. The lowest BCUT2D eigenvalue weighted by molar-refractivity contribution is -0.115. The fourth-order valence-corrected chi connectivity index (χ4v) is 4.18. The van der Waals surface area contributed by atoms with Crippen LogP contribution in [0.15, 0.2) is 67.6 Å². The smallest absolute Gasteiger partial charge is 0.258 e. The van der Waals surface area contributed by atoms with Gasteiger partial charge in [0, 0.05) is 15.4 Å². The number of carbonyl (C=O) groups is 1. The Labute approximate surface area is 166 Å². The number of halogens is 2. The van der Waals surface area contributed by atoms with Gasteiger partial charge < -0.3 is 0 Å². The van der Waals surface area contributed by atoms with Crippen LogP contribution in [-0.2, 0) is 4.79 Å². The third kappa shape index (κ3) is 3.59. The SMILES string of the molecule is O=C1CSC(N2N=C(c3ccc(Br)cc3)CC2c2ccc(Br)cc2)=N1. The number of amides is 1. The van der Waals surface area contributed by atoms with Gasteiger partial charge in [0.05, 0.1) is 17.5 Å². The van der Waals surface area contributed by atoms with Crippen LogP contribution < -0.4 is 0 Å². The molecule has 25 heavy (non-hydrogen) atoms. The Bertz CT molecular complexity index is 878. The molecular weight excluding hydrogens is 466 g/mol. The van der Waals surface area contributed by atoms with E-state index in [0.29, 0.717) is 10.9 Å². The number of thioether (sulfide) groups is 1. The summed E-state index contributed by atoms with van der Waals surface area (Å²) >= 11 is 8.40. The van der Waals surface area contributed by atoms with E-state index < -0.39 is 0 Å². The molecule has 1 unspecified atom stereocenters. The van der Waals surface area contributed by atoms with Gasteiger partial charge in [-0.2, -0.15) is 10.1 Å². The van der Waals surface area contributed by atoms with E-state index in [2.05, 4.69) is 61.1 Å². The minimum Gasteiger partial charge on any atom is -0.272 e. The Morgan fingerprint density at radius 2 is 1.64 bits per heavy atom. The topological polar surface area (TPSA) is 45.0 Å². The van der Waals surface area contributed by atoms with E-state index in [1.54, 1.807) is 0 Å². The second-order valence-corrected chi connectivity index (χ2v) is 8.52. The van der Waals surface area contributed by atoms with Crippen molar-refractivity contribution < 1.29 is 4.79 Å². The molecule has 2 aromatic rings. The summed E-state index contributed by atoms with van der Waals surface area (Å²) in [6.45, 7) is 0. The number of hydrazone groups is 1. The molecule has 0 fully saturated rings. The van der Waals surface area contributed by atoms with Crippen LogP contribution in [0.25, 0.3) is 0 Å². The number of hydrogen-bond donors (Lipinski definition) is 0. The Morgan fingerprint density at radius 1 is 1.00 bits per heavy atom. The maximum Gasteiger partial charge on any atom is 0.258 e. The summed E-state index contributed by atoms with van der Waals surface area (Å²) in [4.78, 5) is 15.7. The molecule has 2 heterocycles. The van der Waals surface area contributed by atoms with E-state index in [9.17, 15) is 4.79 Å². The highest BCUT2D eigenvalue weighted by molar-refractivity contribution is 9.10. The minimum atomic E-state index is -0.0955. The second kappa shape index (κ2) is 7.05. The molecule has 2 aliphatic rings. The van der Waals surface area contributed by atoms with Crippen LogP contribution in [0.5, 0.6) is 0 Å². The molecular formula is C18H13Br2N3OS. The quantitative estimate of drug-likeness (QED) is 0.610. The van der Waals surface area contributed by atoms with E-state index in [4.69, 9.17) is 5.10 Å². The van der Waals surface area contributed by atoms with E-state index >= 15 is 0 Å². The summed E-state index contributed by atoms with van der Waals surface area (Å²) in [6.07, 6.45) is 0.775. The maximum atomic E-state index is 11.6. The van der Waals surface area contributed by atoms with Crippen molar-refractivity contribution >= 4 is 60.4 Å². The number of benzene rings is 2. The van der Waals surface area contributed by atoms with Crippen molar-refractivity contribution in [3.63, 3.8) is 0 Å². The molecule has 1 amide bonds. The minimum absolute atomic E-state index is 0.0453. The zero-order valence-electron chi connectivity index (χ0n) is 13.0. The first-order chi connectivity index (χ1) is 12.1. The second-order valence-electron chi connectivity index (χ2n) is 5.75.